The second kappa shape index (κ2) is 14.5. The number of hydrogen-bond acceptors (Lipinski definition) is 4. The summed E-state index contributed by atoms with van der Waals surface area (Å²) in [6.07, 6.45) is 6.32. The van der Waals surface area contributed by atoms with Crippen LogP contribution in [0.1, 0.15) is 105 Å². The van der Waals surface area contributed by atoms with Gasteiger partial charge in [0.05, 0.1) is 17.7 Å². The molecule has 5 heteroatoms. The van der Waals surface area contributed by atoms with E-state index in [0.717, 1.165) is 45.2 Å². The molecule has 2 aromatic heterocycles. The lowest BCUT2D eigenvalue weighted by Gasteiger charge is -2.29. The van der Waals surface area contributed by atoms with E-state index >= 15 is 0 Å². The lowest BCUT2D eigenvalue weighted by molar-refractivity contribution is 0.483. The van der Waals surface area contributed by atoms with Gasteiger partial charge >= 0.3 is 0 Å². The van der Waals surface area contributed by atoms with Crippen LogP contribution in [0.25, 0.3) is 38.8 Å². The van der Waals surface area contributed by atoms with E-state index in [1.165, 1.54) is 38.7 Å². The first-order valence-electron chi connectivity index (χ1n) is 21.0. The van der Waals surface area contributed by atoms with Gasteiger partial charge < -0.3 is 14.5 Å². The van der Waals surface area contributed by atoms with Gasteiger partial charge in [0, 0.05) is 52.9 Å². The lowest BCUT2D eigenvalue weighted by atomic mass is 9.80. The van der Waals surface area contributed by atoms with Gasteiger partial charge in [-0.1, -0.05) is 126 Å². The van der Waals surface area contributed by atoms with Gasteiger partial charge in [-0.15, -0.1) is 0 Å². The zero-order valence-corrected chi connectivity index (χ0v) is 37.1. The summed E-state index contributed by atoms with van der Waals surface area (Å²) >= 11 is 0. The maximum Gasteiger partial charge on any atom is 0.137 e. The van der Waals surface area contributed by atoms with Crippen molar-refractivity contribution in [1.29, 1.82) is 0 Å². The van der Waals surface area contributed by atoms with Gasteiger partial charge in [-0.2, -0.15) is 0 Å². The van der Waals surface area contributed by atoms with Gasteiger partial charge in [0.1, 0.15) is 17.3 Å². The van der Waals surface area contributed by atoms with Crippen molar-refractivity contribution in [1.82, 2.24) is 9.55 Å². The first-order valence-corrected chi connectivity index (χ1v) is 21.0. The molecule has 59 heavy (non-hydrogen) atoms. The molecule has 0 saturated heterocycles. The van der Waals surface area contributed by atoms with Crippen molar-refractivity contribution in [3.05, 3.63) is 156 Å². The van der Waals surface area contributed by atoms with Crippen LogP contribution in [0.3, 0.4) is 0 Å². The molecule has 0 N–H and O–H groups in total. The second-order valence-electron chi connectivity index (χ2n) is 20.5. The van der Waals surface area contributed by atoms with Crippen molar-refractivity contribution in [2.45, 2.75) is 105 Å². The van der Waals surface area contributed by atoms with E-state index < -0.39 is 0 Å². The highest BCUT2D eigenvalue weighted by Gasteiger charge is 2.25. The summed E-state index contributed by atoms with van der Waals surface area (Å²) in [5.41, 5.74) is 12.0. The van der Waals surface area contributed by atoms with E-state index in [2.05, 4.69) is 225 Å². The van der Waals surface area contributed by atoms with Crippen LogP contribution in [0.15, 0.2) is 134 Å². The van der Waals surface area contributed by atoms with Gasteiger partial charge in [0.15, 0.2) is 0 Å². The summed E-state index contributed by atoms with van der Waals surface area (Å²) in [6, 6.07) is 42.0. The highest BCUT2D eigenvalue weighted by atomic mass is 16.5. The monoisotopic (exact) mass is 780 g/mol. The maximum absolute atomic E-state index is 6.91. The molecule has 0 amide bonds. The van der Waals surface area contributed by atoms with Crippen LogP contribution in [0.4, 0.5) is 11.4 Å². The van der Waals surface area contributed by atoms with Gasteiger partial charge in [-0.3, -0.25) is 4.57 Å². The Balaban J connectivity index is 1.20. The van der Waals surface area contributed by atoms with Crippen molar-refractivity contribution in [2.24, 2.45) is 0 Å². The molecule has 0 atom stereocenters. The molecule has 0 unspecified atom stereocenters. The highest BCUT2D eigenvalue weighted by Crippen LogP contribution is 2.41. The predicted molar refractivity (Wildman–Crippen MR) is 251 cm³/mol. The van der Waals surface area contributed by atoms with E-state index in [-0.39, 0.29) is 21.7 Å². The average molecular weight is 781 g/mol. The molecule has 0 saturated carbocycles. The molecule has 7 aromatic rings. The summed E-state index contributed by atoms with van der Waals surface area (Å²) < 4.78 is 9.21. The third kappa shape index (κ3) is 8.13. The predicted octanol–water partition coefficient (Wildman–Crippen LogP) is 14.6. The van der Waals surface area contributed by atoms with Crippen LogP contribution in [0, 0.1) is 0 Å². The molecule has 0 bridgehead atoms. The summed E-state index contributed by atoms with van der Waals surface area (Å²) in [5, 5.41) is 2.39. The van der Waals surface area contributed by atoms with Crippen LogP contribution < -0.4 is 14.5 Å². The second-order valence-corrected chi connectivity index (χ2v) is 20.5. The third-order valence-corrected chi connectivity index (χ3v) is 11.7. The van der Waals surface area contributed by atoms with Crippen LogP contribution >= 0.6 is 0 Å². The summed E-state index contributed by atoms with van der Waals surface area (Å²) in [5.74, 6) is 2.45. The Labute approximate surface area is 352 Å². The fraction of sp³-hybridized carbons (Fsp3) is 0.315. The van der Waals surface area contributed by atoms with Gasteiger partial charge in [-0.25, -0.2) is 4.98 Å². The van der Waals surface area contributed by atoms with Crippen LogP contribution in [-0.2, 0) is 21.7 Å². The molecule has 3 heterocycles. The van der Waals surface area contributed by atoms with E-state index in [1.807, 2.05) is 6.20 Å². The summed E-state index contributed by atoms with van der Waals surface area (Å²) in [7, 11) is 0. The number of nitrogens with zero attached hydrogens (tertiary/aromatic N) is 4. The molecule has 1 aliphatic rings. The smallest absolute Gasteiger partial charge is 0.137 e. The molecule has 1 aliphatic heterocycles. The molecule has 0 aliphatic carbocycles. The molecular weight excluding hydrogens is 721 g/mol. The molecule has 0 fully saturated rings. The van der Waals surface area contributed by atoms with E-state index in [1.54, 1.807) is 0 Å². The van der Waals surface area contributed by atoms with Gasteiger partial charge in [0.2, 0.25) is 0 Å². The highest BCUT2D eigenvalue weighted by molar-refractivity contribution is 6.09. The first-order chi connectivity index (χ1) is 27.7. The molecule has 8 rings (SSSR count). The molecule has 0 radical (unpaired) electrons. The van der Waals surface area contributed by atoms with Gasteiger partial charge in [-0.05, 0) is 116 Å². The Bertz CT molecular complexity index is 2680. The summed E-state index contributed by atoms with van der Waals surface area (Å²) in [6.45, 7) is 28.0. The Morgan fingerprint density at radius 1 is 0.458 bits per heavy atom. The number of pyridine rings is 1. The molecular formula is C54H60N4O. The Kier molecular flexibility index (Phi) is 9.81. The zero-order valence-electron chi connectivity index (χ0n) is 37.1. The minimum Gasteiger partial charge on any atom is -0.457 e. The fourth-order valence-corrected chi connectivity index (χ4v) is 7.92. The average Bonchev–Trinajstić information content (AvgIpc) is 3.80. The largest absolute Gasteiger partial charge is 0.457 e. The van der Waals surface area contributed by atoms with Gasteiger partial charge in [0.25, 0.3) is 0 Å². The molecule has 0 spiro atoms. The van der Waals surface area contributed by atoms with E-state index in [9.17, 15) is 0 Å². The van der Waals surface area contributed by atoms with Crippen LogP contribution in [-0.4, -0.2) is 16.2 Å². The van der Waals surface area contributed by atoms with Crippen molar-refractivity contribution in [3.8, 4) is 28.4 Å². The van der Waals surface area contributed by atoms with Crippen molar-refractivity contribution < 1.29 is 4.74 Å². The number of hydrogen-bond donors (Lipinski definition) is 0. The minimum absolute atomic E-state index is 0.0149. The fourth-order valence-electron chi connectivity index (χ4n) is 7.92. The van der Waals surface area contributed by atoms with E-state index in [0.29, 0.717) is 6.67 Å². The number of ether oxygens (including phenoxy) is 1. The standard InChI is InChI=1S/C54H60N4O/c1-51(2,3)38-18-21-48-47(31-38)46-20-19-44(34-49(46)58(48)50-32-39(22-23-55-50)52(4,5)6)59-45-27-37(36-16-14-13-15-17-36)26-42(33-45)56-24-25-57(35-56)43-29-40(53(7,8)9)28-41(30-43)54(10,11)12/h13-34H,35H2,1-12H3. The lowest BCUT2D eigenvalue weighted by Crippen LogP contribution is -2.26. The topological polar surface area (TPSA) is 33.5 Å². The van der Waals surface area contributed by atoms with Crippen LogP contribution in [0.2, 0.25) is 0 Å². The summed E-state index contributed by atoms with van der Waals surface area (Å²) in [4.78, 5) is 9.60. The van der Waals surface area contributed by atoms with Crippen molar-refractivity contribution in [2.75, 3.05) is 16.5 Å². The van der Waals surface area contributed by atoms with Crippen molar-refractivity contribution in [3.63, 3.8) is 0 Å². The normalized spacial score (nSPS) is 13.9. The van der Waals surface area contributed by atoms with Crippen molar-refractivity contribution >= 4 is 33.2 Å². The third-order valence-electron chi connectivity index (χ3n) is 11.7. The quantitative estimate of drug-likeness (QED) is 0.168. The number of fused-ring (bicyclic) bond motifs is 3. The Hall–Kier alpha value is -5.81. The van der Waals surface area contributed by atoms with E-state index in [4.69, 9.17) is 9.72 Å². The minimum atomic E-state index is -0.0149. The number of rotatable bonds is 6. The number of anilines is 2. The number of aromatic nitrogens is 2. The van der Waals surface area contributed by atoms with Crippen LogP contribution in [0.5, 0.6) is 11.5 Å². The SMILES string of the molecule is CC(C)(C)c1cc(N2C=CN(c3cc(Oc4ccc5c6cc(C(C)(C)C)ccc6n(-c6cc(C(C)(C)C)ccn6)c5c4)cc(-c4ccccc4)c3)C2)cc(C(C)(C)C)c1. The maximum atomic E-state index is 6.91. The first kappa shape index (κ1) is 40.0. The number of benzene rings is 5. The molecule has 5 nitrogen and oxygen atoms in total. The Morgan fingerprint density at radius 2 is 1.07 bits per heavy atom. The zero-order chi connectivity index (χ0) is 42.1. The Morgan fingerprint density at radius 3 is 1.69 bits per heavy atom. The molecule has 302 valence electrons. The molecule has 5 aromatic carbocycles.